The van der Waals surface area contributed by atoms with Gasteiger partial charge in [0.15, 0.2) is 0 Å². The van der Waals surface area contributed by atoms with E-state index in [2.05, 4.69) is 20.8 Å². The lowest BCUT2D eigenvalue weighted by Gasteiger charge is -2.31. The van der Waals surface area contributed by atoms with Gasteiger partial charge in [0.05, 0.1) is 0 Å². The maximum Gasteiger partial charge on any atom is 0.541 e. The van der Waals surface area contributed by atoms with Crippen molar-refractivity contribution < 1.29 is 19.3 Å². The van der Waals surface area contributed by atoms with Crippen LogP contribution in [0.15, 0.2) is 0 Å². The molecule has 0 aliphatic heterocycles. The molecule has 19 heavy (non-hydrogen) atoms. The highest BCUT2D eigenvalue weighted by Gasteiger charge is 2.30. The Hall–Kier alpha value is -0.770. The third-order valence-corrected chi connectivity index (χ3v) is 2.50. The third-order valence-electron chi connectivity index (χ3n) is 2.50. The highest BCUT2D eigenvalue weighted by atomic mass is 17.2. The molecule has 0 rings (SSSR count). The molecule has 0 heterocycles. The number of carbonyl (C=O) groups excluding carboxylic acids is 1. The lowest BCUT2D eigenvalue weighted by Crippen LogP contribution is -2.34. The van der Waals surface area contributed by atoms with Gasteiger partial charge in [0.1, 0.15) is 11.2 Å². The Morgan fingerprint density at radius 3 is 1.89 bits per heavy atom. The van der Waals surface area contributed by atoms with Gasteiger partial charge in [-0.2, -0.15) is 4.89 Å². The van der Waals surface area contributed by atoms with E-state index in [1.807, 2.05) is 34.6 Å². The standard InChI is InChI=1S/C15H30O4/c1-9-10-14(5,6)17-12(16)18-19-15(7,8)11-13(2,3)4/h9-11H2,1-8H3. The van der Waals surface area contributed by atoms with Crippen LogP contribution in [0.3, 0.4) is 0 Å². The summed E-state index contributed by atoms with van der Waals surface area (Å²) in [5.41, 5.74) is -0.965. The molecule has 0 radical (unpaired) electrons. The topological polar surface area (TPSA) is 44.8 Å². The molecular formula is C15H30O4. The molecule has 0 atom stereocenters. The predicted molar refractivity (Wildman–Crippen MR) is 75.8 cm³/mol. The quantitative estimate of drug-likeness (QED) is 0.394. The first-order chi connectivity index (χ1) is 8.37. The second-order valence-corrected chi connectivity index (χ2v) is 7.53. The van der Waals surface area contributed by atoms with Crippen LogP contribution in [0, 0.1) is 5.41 Å². The zero-order valence-corrected chi connectivity index (χ0v) is 13.8. The molecule has 0 aromatic rings. The minimum absolute atomic E-state index is 0.0955. The minimum Gasteiger partial charge on any atom is -0.426 e. The van der Waals surface area contributed by atoms with Crippen molar-refractivity contribution in [1.82, 2.24) is 0 Å². The molecular weight excluding hydrogens is 244 g/mol. The molecule has 0 unspecified atom stereocenters. The van der Waals surface area contributed by atoms with E-state index in [0.717, 1.165) is 19.3 Å². The normalized spacial score (nSPS) is 13.3. The SMILES string of the molecule is CCCC(C)(C)OC(=O)OOC(C)(C)CC(C)(C)C. The Labute approximate surface area is 117 Å². The molecule has 0 spiro atoms. The van der Waals surface area contributed by atoms with Crippen molar-refractivity contribution in [3.8, 4) is 0 Å². The first-order valence-corrected chi connectivity index (χ1v) is 6.96. The van der Waals surface area contributed by atoms with E-state index in [1.54, 1.807) is 0 Å². The molecule has 0 bridgehead atoms. The maximum atomic E-state index is 11.6. The summed E-state index contributed by atoms with van der Waals surface area (Å²) in [6.45, 7) is 15.9. The molecule has 4 nitrogen and oxygen atoms in total. The van der Waals surface area contributed by atoms with Gasteiger partial charge in [-0.05, 0) is 46.0 Å². The van der Waals surface area contributed by atoms with Crippen molar-refractivity contribution in [2.24, 2.45) is 5.41 Å². The van der Waals surface area contributed by atoms with Gasteiger partial charge in [0.25, 0.3) is 0 Å². The van der Waals surface area contributed by atoms with E-state index < -0.39 is 17.4 Å². The minimum atomic E-state index is -0.777. The van der Waals surface area contributed by atoms with E-state index in [0.29, 0.717) is 0 Å². The first kappa shape index (κ1) is 18.2. The van der Waals surface area contributed by atoms with E-state index >= 15 is 0 Å². The Bertz CT molecular complexity index is 287. The molecule has 0 aliphatic rings. The molecule has 0 aromatic heterocycles. The molecule has 0 N–H and O–H groups in total. The average molecular weight is 274 g/mol. The molecule has 4 heteroatoms. The average Bonchev–Trinajstić information content (AvgIpc) is 2.10. The maximum absolute atomic E-state index is 11.6. The van der Waals surface area contributed by atoms with Crippen LogP contribution in [-0.2, 0) is 14.5 Å². The van der Waals surface area contributed by atoms with Gasteiger partial charge < -0.3 is 4.74 Å². The number of ether oxygens (including phenoxy) is 1. The Morgan fingerprint density at radius 2 is 1.47 bits per heavy atom. The molecule has 0 fully saturated rings. The van der Waals surface area contributed by atoms with Crippen LogP contribution < -0.4 is 0 Å². The van der Waals surface area contributed by atoms with E-state index in [9.17, 15) is 4.79 Å². The fourth-order valence-electron chi connectivity index (χ4n) is 2.35. The summed E-state index contributed by atoms with van der Waals surface area (Å²) in [6.07, 6.45) is 1.72. The number of rotatable bonds is 6. The number of hydrogen-bond donors (Lipinski definition) is 0. The van der Waals surface area contributed by atoms with Crippen LogP contribution in [0.25, 0.3) is 0 Å². The van der Waals surface area contributed by atoms with Crippen molar-refractivity contribution in [2.75, 3.05) is 0 Å². The Balaban J connectivity index is 4.22. The number of carbonyl (C=O) groups is 1. The smallest absolute Gasteiger partial charge is 0.426 e. The van der Waals surface area contributed by atoms with Crippen molar-refractivity contribution in [3.05, 3.63) is 0 Å². The Morgan fingerprint density at radius 1 is 0.947 bits per heavy atom. The van der Waals surface area contributed by atoms with Crippen molar-refractivity contribution in [3.63, 3.8) is 0 Å². The van der Waals surface area contributed by atoms with Crippen molar-refractivity contribution in [2.45, 2.75) is 85.9 Å². The fraction of sp³-hybridized carbons (Fsp3) is 0.933. The highest BCUT2D eigenvalue weighted by Crippen LogP contribution is 2.29. The molecule has 0 aromatic carbocycles. The largest absolute Gasteiger partial charge is 0.541 e. The summed E-state index contributed by atoms with van der Waals surface area (Å²) < 4.78 is 5.22. The summed E-state index contributed by atoms with van der Waals surface area (Å²) in [7, 11) is 0. The summed E-state index contributed by atoms with van der Waals surface area (Å²) in [5, 5.41) is 0. The van der Waals surface area contributed by atoms with Crippen LogP contribution in [0.1, 0.15) is 74.7 Å². The third kappa shape index (κ3) is 9.77. The zero-order chi connectivity index (χ0) is 15.3. The lowest BCUT2D eigenvalue weighted by atomic mass is 9.84. The molecule has 114 valence electrons. The predicted octanol–water partition coefficient (Wildman–Crippen LogP) is 4.86. The summed E-state index contributed by atoms with van der Waals surface area (Å²) in [4.78, 5) is 21.6. The molecule has 0 amide bonds. The van der Waals surface area contributed by atoms with Crippen LogP contribution >= 0.6 is 0 Å². The van der Waals surface area contributed by atoms with E-state index in [-0.39, 0.29) is 5.41 Å². The van der Waals surface area contributed by atoms with Crippen molar-refractivity contribution in [1.29, 1.82) is 0 Å². The second kappa shape index (κ2) is 6.60. The highest BCUT2D eigenvalue weighted by molar-refractivity contribution is 5.59. The lowest BCUT2D eigenvalue weighted by molar-refractivity contribution is -0.326. The second-order valence-electron chi connectivity index (χ2n) is 7.53. The zero-order valence-electron chi connectivity index (χ0n) is 13.8. The van der Waals surface area contributed by atoms with Gasteiger partial charge in [-0.3, -0.25) is 4.89 Å². The van der Waals surface area contributed by atoms with Crippen LogP contribution in [-0.4, -0.2) is 17.4 Å². The van der Waals surface area contributed by atoms with Gasteiger partial charge in [0, 0.05) is 0 Å². The van der Waals surface area contributed by atoms with Gasteiger partial charge in [-0.25, -0.2) is 4.79 Å². The molecule has 0 saturated heterocycles. The fourth-order valence-corrected chi connectivity index (χ4v) is 2.35. The summed E-state index contributed by atoms with van der Waals surface area (Å²) >= 11 is 0. The van der Waals surface area contributed by atoms with Crippen molar-refractivity contribution >= 4 is 6.16 Å². The first-order valence-electron chi connectivity index (χ1n) is 6.96. The monoisotopic (exact) mass is 274 g/mol. The number of hydrogen-bond acceptors (Lipinski definition) is 4. The Kier molecular flexibility index (Phi) is 6.33. The van der Waals surface area contributed by atoms with Crippen LogP contribution in [0.5, 0.6) is 0 Å². The van der Waals surface area contributed by atoms with Gasteiger partial charge in [0.2, 0.25) is 0 Å². The van der Waals surface area contributed by atoms with Gasteiger partial charge >= 0.3 is 6.16 Å². The van der Waals surface area contributed by atoms with Gasteiger partial charge in [-0.15, -0.1) is 0 Å². The van der Waals surface area contributed by atoms with Gasteiger partial charge in [-0.1, -0.05) is 34.1 Å². The summed E-state index contributed by atoms with van der Waals surface area (Å²) in [5.74, 6) is 0. The molecule has 0 saturated carbocycles. The van der Waals surface area contributed by atoms with Crippen LogP contribution in [0.4, 0.5) is 4.79 Å². The van der Waals surface area contributed by atoms with E-state index in [4.69, 9.17) is 14.5 Å². The van der Waals surface area contributed by atoms with Crippen LogP contribution in [0.2, 0.25) is 0 Å². The molecule has 0 aliphatic carbocycles. The van der Waals surface area contributed by atoms with E-state index in [1.165, 1.54) is 0 Å². The summed E-state index contributed by atoms with van der Waals surface area (Å²) in [6, 6.07) is 0.